The molecule has 2 saturated heterocycles. The highest BCUT2D eigenvalue weighted by atomic mass is 16.2. The summed E-state index contributed by atoms with van der Waals surface area (Å²) in [4.78, 5) is 17.8. The summed E-state index contributed by atoms with van der Waals surface area (Å²) in [6, 6.07) is 9.71. The minimum absolute atomic E-state index is 0.160. The van der Waals surface area contributed by atoms with Crippen molar-refractivity contribution < 1.29 is 4.79 Å². The van der Waals surface area contributed by atoms with Crippen molar-refractivity contribution in [3.63, 3.8) is 0 Å². The molecular weight excluding hydrogens is 296 g/mol. The van der Waals surface area contributed by atoms with Crippen molar-refractivity contribution in [3.8, 4) is 0 Å². The molecule has 3 nitrogen and oxygen atoms in total. The monoisotopic (exact) mass is 320 g/mol. The maximum atomic E-state index is 12.9. The van der Waals surface area contributed by atoms with Crippen LogP contribution < -0.4 is 4.90 Å². The predicted molar refractivity (Wildman–Crippen MR) is 94.0 cm³/mol. The highest BCUT2D eigenvalue weighted by molar-refractivity contribution is 6.00. The molecule has 1 amide bonds. The van der Waals surface area contributed by atoms with E-state index in [9.17, 15) is 4.79 Å². The Morgan fingerprint density at radius 2 is 2.17 bits per heavy atom. The normalized spacial score (nSPS) is 42.0. The topological polar surface area (TPSA) is 23.6 Å². The highest BCUT2D eigenvalue weighted by Gasteiger charge is 2.67. The molecule has 3 heteroatoms. The molecule has 0 unspecified atom stereocenters. The number of carbonyl (C=O) groups excluding carboxylic acids is 1. The van der Waals surface area contributed by atoms with Gasteiger partial charge in [-0.2, -0.15) is 0 Å². The first-order chi connectivity index (χ1) is 11.8. The van der Waals surface area contributed by atoms with E-state index in [1.165, 1.54) is 43.6 Å². The first-order valence-electron chi connectivity index (χ1n) is 9.61. The van der Waals surface area contributed by atoms with Crippen molar-refractivity contribution in [3.05, 3.63) is 41.5 Å². The third kappa shape index (κ3) is 1.31. The first-order valence-corrected chi connectivity index (χ1v) is 9.61. The number of benzene rings is 1. The molecular formula is C21H24N2O. The average molecular weight is 320 g/mol. The van der Waals surface area contributed by atoms with E-state index in [0.29, 0.717) is 30.3 Å². The Kier molecular flexibility index (Phi) is 2.46. The molecule has 3 fully saturated rings. The van der Waals surface area contributed by atoms with Gasteiger partial charge in [-0.05, 0) is 48.4 Å². The Morgan fingerprint density at radius 3 is 3.04 bits per heavy atom. The minimum Gasteiger partial charge on any atom is -0.304 e. The summed E-state index contributed by atoms with van der Waals surface area (Å²) in [5.74, 6) is 1.76. The molecule has 124 valence electrons. The van der Waals surface area contributed by atoms with E-state index >= 15 is 0 Å². The van der Waals surface area contributed by atoms with Gasteiger partial charge in [0.15, 0.2) is 0 Å². The van der Waals surface area contributed by atoms with Crippen molar-refractivity contribution in [2.24, 2.45) is 11.8 Å². The van der Waals surface area contributed by atoms with Crippen molar-refractivity contribution in [2.75, 3.05) is 18.0 Å². The molecule has 1 aromatic carbocycles. The molecule has 5 aliphatic rings. The minimum atomic E-state index is 0.160. The fourth-order valence-corrected chi connectivity index (χ4v) is 6.96. The quantitative estimate of drug-likeness (QED) is 0.742. The van der Waals surface area contributed by atoms with Crippen LogP contribution in [0.25, 0.3) is 0 Å². The SMILES string of the molecule is CC[C@@H]1CN2CC[C@@]34c5ccccc5N5C(=O)CC=C([C@H]1C[C@@H]23)[C@@H]54. The zero-order chi connectivity index (χ0) is 16.1. The van der Waals surface area contributed by atoms with Crippen LogP contribution >= 0.6 is 0 Å². The number of hydrogen-bond donors (Lipinski definition) is 0. The van der Waals surface area contributed by atoms with Gasteiger partial charge in [-0.15, -0.1) is 0 Å². The van der Waals surface area contributed by atoms with Gasteiger partial charge in [0.05, 0.1) is 6.04 Å². The number of anilines is 1. The number of para-hydroxylation sites is 1. The van der Waals surface area contributed by atoms with E-state index in [1.807, 2.05) is 0 Å². The van der Waals surface area contributed by atoms with Crippen molar-refractivity contribution in [1.82, 2.24) is 4.90 Å². The molecule has 1 saturated carbocycles. The third-order valence-electron chi connectivity index (χ3n) is 7.82. The van der Waals surface area contributed by atoms with Crippen molar-refractivity contribution >= 4 is 11.6 Å². The molecule has 1 aliphatic carbocycles. The van der Waals surface area contributed by atoms with Crippen LogP contribution in [-0.4, -0.2) is 36.0 Å². The Bertz CT molecular complexity index is 784. The van der Waals surface area contributed by atoms with E-state index in [0.717, 1.165) is 5.92 Å². The van der Waals surface area contributed by atoms with E-state index in [4.69, 9.17) is 0 Å². The van der Waals surface area contributed by atoms with Gasteiger partial charge < -0.3 is 4.90 Å². The number of carbonyl (C=O) groups is 1. The van der Waals surface area contributed by atoms with Gasteiger partial charge in [0, 0.05) is 30.1 Å². The number of piperidine rings is 1. The zero-order valence-electron chi connectivity index (χ0n) is 14.2. The summed E-state index contributed by atoms with van der Waals surface area (Å²) < 4.78 is 0. The summed E-state index contributed by atoms with van der Waals surface area (Å²) in [6.07, 6.45) is 6.69. The number of nitrogens with zero attached hydrogens (tertiary/aromatic N) is 2. The molecule has 0 aromatic heterocycles. The van der Waals surface area contributed by atoms with Gasteiger partial charge in [-0.1, -0.05) is 37.6 Å². The second kappa shape index (κ2) is 4.32. The second-order valence-corrected chi connectivity index (χ2v) is 8.40. The first kappa shape index (κ1) is 13.7. The lowest BCUT2D eigenvalue weighted by Gasteiger charge is -2.56. The van der Waals surface area contributed by atoms with Crippen molar-refractivity contribution in [2.45, 2.75) is 50.1 Å². The highest BCUT2D eigenvalue weighted by Crippen LogP contribution is 2.64. The summed E-state index contributed by atoms with van der Waals surface area (Å²) in [6.45, 7) is 4.81. The number of rotatable bonds is 1. The Labute approximate surface area is 143 Å². The number of amides is 1. The molecule has 1 spiro atoms. The molecule has 6 rings (SSSR count). The van der Waals surface area contributed by atoms with Crippen LogP contribution in [0.3, 0.4) is 0 Å². The molecule has 0 N–H and O–H groups in total. The Morgan fingerprint density at radius 1 is 1.29 bits per heavy atom. The molecule has 2 bridgehead atoms. The van der Waals surface area contributed by atoms with Gasteiger partial charge in [-0.25, -0.2) is 0 Å². The molecule has 4 heterocycles. The smallest absolute Gasteiger partial charge is 0.231 e. The summed E-state index contributed by atoms with van der Waals surface area (Å²) in [5, 5.41) is 0. The molecule has 1 aromatic rings. The lowest BCUT2D eigenvalue weighted by Crippen LogP contribution is -2.64. The zero-order valence-corrected chi connectivity index (χ0v) is 14.2. The summed E-state index contributed by atoms with van der Waals surface area (Å²) in [5.41, 5.74) is 4.43. The molecule has 24 heavy (non-hydrogen) atoms. The fourth-order valence-electron chi connectivity index (χ4n) is 6.96. The maximum Gasteiger partial charge on any atom is 0.231 e. The second-order valence-electron chi connectivity index (χ2n) is 8.40. The summed E-state index contributed by atoms with van der Waals surface area (Å²) >= 11 is 0. The Balaban J connectivity index is 1.64. The standard InChI is InChI=1S/C21H24N2O/c1-2-13-12-22-10-9-21-16-5-3-4-6-17(16)23-19(24)8-7-14(20(21)23)15(13)11-18(21)22/h3-7,13,15,18,20H,2,8-12H2,1H3/t13-,15+,18-,20-,21-/m1/s1. The fraction of sp³-hybridized carbons (Fsp3) is 0.571. The predicted octanol–water partition coefficient (Wildman–Crippen LogP) is 3.10. The maximum absolute atomic E-state index is 12.9. The van der Waals surface area contributed by atoms with Crippen LogP contribution in [0, 0.1) is 11.8 Å². The van der Waals surface area contributed by atoms with Crippen LogP contribution in [0.2, 0.25) is 0 Å². The van der Waals surface area contributed by atoms with Gasteiger partial charge >= 0.3 is 0 Å². The van der Waals surface area contributed by atoms with Gasteiger partial charge in [0.2, 0.25) is 5.91 Å². The lowest BCUT2D eigenvalue weighted by molar-refractivity contribution is -0.119. The Hall–Kier alpha value is -1.61. The van der Waals surface area contributed by atoms with E-state index in [2.05, 4.69) is 47.1 Å². The van der Waals surface area contributed by atoms with Gasteiger partial charge in [-0.3, -0.25) is 9.69 Å². The molecule has 0 radical (unpaired) electrons. The van der Waals surface area contributed by atoms with Gasteiger partial charge in [0.1, 0.15) is 0 Å². The largest absolute Gasteiger partial charge is 0.304 e. The number of fused-ring (bicyclic) bond motifs is 4. The lowest BCUT2D eigenvalue weighted by atomic mass is 9.56. The van der Waals surface area contributed by atoms with Crippen LogP contribution in [0.4, 0.5) is 5.69 Å². The van der Waals surface area contributed by atoms with Crippen LogP contribution in [0.5, 0.6) is 0 Å². The van der Waals surface area contributed by atoms with Crippen LogP contribution in [0.15, 0.2) is 35.9 Å². The average Bonchev–Trinajstić information content (AvgIpc) is 3.15. The summed E-state index contributed by atoms with van der Waals surface area (Å²) in [7, 11) is 0. The molecule has 5 atom stereocenters. The van der Waals surface area contributed by atoms with E-state index in [-0.39, 0.29) is 5.41 Å². The number of hydrogen-bond acceptors (Lipinski definition) is 2. The van der Waals surface area contributed by atoms with E-state index < -0.39 is 0 Å². The van der Waals surface area contributed by atoms with Gasteiger partial charge in [0.25, 0.3) is 0 Å². The third-order valence-corrected chi connectivity index (χ3v) is 7.82. The van der Waals surface area contributed by atoms with Crippen molar-refractivity contribution in [1.29, 1.82) is 0 Å². The van der Waals surface area contributed by atoms with Crippen LogP contribution in [-0.2, 0) is 10.2 Å². The van der Waals surface area contributed by atoms with E-state index in [1.54, 1.807) is 5.57 Å². The van der Waals surface area contributed by atoms with Crippen LogP contribution in [0.1, 0.15) is 38.2 Å². The molecule has 4 aliphatic heterocycles.